The van der Waals surface area contributed by atoms with Crippen molar-refractivity contribution in [3.63, 3.8) is 0 Å². The fourth-order valence-corrected chi connectivity index (χ4v) is 1.54. The van der Waals surface area contributed by atoms with Gasteiger partial charge < -0.3 is 11.1 Å². The smallest absolute Gasteiger partial charge is 0.0962 e. The third kappa shape index (κ3) is 2.30. The Morgan fingerprint density at radius 3 is 3.00 bits per heavy atom. The van der Waals surface area contributed by atoms with Crippen LogP contribution < -0.4 is 11.1 Å². The Morgan fingerprint density at radius 2 is 2.43 bits per heavy atom. The highest BCUT2D eigenvalue weighted by atomic mass is 15.4. The van der Waals surface area contributed by atoms with E-state index < -0.39 is 0 Å². The number of aromatic nitrogens is 3. The van der Waals surface area contributed by atoms with E-state index in [0.29, 0.717) is 6.54 Å². The van der Waals surface area contributed by atoms with Gasteiger partial charge in [0.15, 0.2) is 0 Å². The topological polar surface area (TPSA) is 68.8 Å². The van der Waals surface area contributed by atoms with Gasteiger partial charge in [0.05, 0.1) is 12.2 Å². The van der Waals surface area contributed by atoms with Gasteiger partial charge in [0.25, 0.3) is 0 Å². The lowest BCUT2D eigenvalue weighted by molar-refractivity contribution is 0.332. The maximum atomic E-state index is 5.44. The van der Waals surface area contributed by atoms with Crippen molar-refractivity contribution in [1.29, 1.82) is 0 Å². The molecule has 3 N–H and O–H groups in total. The molecule has 1 heterocycles. The third-order valence-electron chi connectivity index (χ3n) is 2.67. The van der Waals surface area contributed by atoms with Gasteiger partial charge in [-0.25, -0.2) is 0 Å². The lowest BCUT2D eigenvalue weighted by Gasteiger charge is -2.26. The molecule has 0 spiro atoms. The van der Waals surface area contributed by atoms with Crippen LogP contribution >= 0.6 is 0 Å². The first kappa shape index (κ1) is 9.61. The van der Waals surface area contributed by atoms with Gasteiger partial charge in [0, 0.05) is 25.3 Å². The summed E-state index contributed by atoms with van der Waals surface area (Å²) >= 11 is 0. The van der Waals surface area contributed by atoms with E-state index in [9.17, 15) is 0 Å². The number of hydrogen-bond donors (Lipinski definition) is 2. The lowest BCUT2D eigenvalue weighted by atomic mass is 9.93. The standard InChI is InChI=1S/C9H17N5/c10-6-9-7-14(13-12-9)5-4-11-8-2-1-3-8/h7-8,11H,1-6,10H2. The Hall–Kier alpha value is -0.940. The second-order valence-corrected chi connectivity index (χ2v) is 3.76. The molecule has 0 saturated heterocycles. The summed E-state index contributed by atoms with van der Waals surface area (Å²) < 4.78 is 1.84. The highest BCUT2D eigenvalue weighted by molar-refractivity contribution is 4.90. The summed E-state index contributed by atoms with van der Waals surface area (Å²) in [5, 5.41) is 11.4. The summed E-state index contributed by atoms with van der Waals surface area (Å²) in [6.45, 7) is 2.32. The van der Waals surface area contributed by atoms with Gasteiger partial charge in [-0.1, -0.05) is 11.6 Å². The summed E-state index contributed by atoms with van der Waals surface area (Å²) in [6, 6.07) is 0.743. The molecule has 0 amide bonds. The molecule has 5 heteroatoms. The van der Waals surface area contributed by atoms with Crippen molar-refractivity contribution in [2.45, 2.75) is 38.4 Å². The zero-order valence-electron chi connectivity index (χ0n) is 8.32. The average Bonchev–Trinajstić information content (AvgIpc) is 2.57. The van der Waals surface area contributed by atoms with Gasteiger partial charge in [-0.05, 0) is 12.8 Å². The van der Waals surface area contributed by atoms with Crippen molar-refractivity contribution in [2.24, 2.45) is 5.73 Å². The van der Waals surface area contributed by atoms with Crippen LogP contribution in [-0.2, 0) is 13.1 Å². The van der Waals surface area contributed by atoms with Gasteiger partial charge in [0.2, 0.25) is 0 Å². The molecule has 1 aromatic rings. The third-order valence-corrected chi connectivity index (χ3v) is 2.67. The Balaban J connectivity index is 1.68. The molecule has 1 saturated carbocycles. The number of nitrogens with one attached hydrogen (secondary N) is 1. The van der Waals surface area contributed by atoms with Crippen LogP contribution in [0.1, 0.15) is 25.0 Å². The van der Waals surface area contributed by atoms with Crippen molar-refractivity contribution in [1.82, 2.24) is 20.3 Å². The highest BCUT2D eigenvalue weighted by Crippen LogP contribution is 2.17. The molecule has 0 aliphatic heterocycles. The van der Waals surface area contributed by atoms with E-state index in [1.807, 2.05) is 10.9 Å². The maximum absolute atomic E-state index is 5.44. The van der Waals surface area contributed by atoms with Crippen molar-refractivity contribution in [3.8, 4) is 0 Å². The van der Waals surface area contributed by atoms with E-state index in [2.05, 4.69) is 15.6 Å². The first-order valence-electron chi connectivity index (χ1n) is 5.21. The number of nitrogens with zero attached hydrogens (tertiary/aromatic N) is 3. The van der Waals surface area contributed by atoms with Gasteiger partial charge in [0.1, 0.15) is 0 Å². The SMILES string of the molecule is NCc1cn(CCNC2CCC2)nn1. The van der Waals surface area contributed by atoms with E-state index in [0.717, 1.165) is 24.8 Å². The molecule has 0 bridgehead atoms. The minimum absolute atomic E-state index is 0.468. The minimum Gasteiger partial charge on any atom is -0.325 e. The zero-order valence-corrected chi connectivity index (χ0v) is 8.32. The highest BCUT2D eigenvalue weighted by Gasteiger charge is 2.15. The summed E-state index contributed by atoms with van der Waals surface area (Å²) in [4.78, 5) is 0. The summed E-state index contributed by atoms with van der Waals surface area (Å²) in [7, 11) is 0. The molecule has 1 aliphatic carbocycles. The van der Waals surface area contributed by atoms with E-state index >= 15 is 0 Å². The summed E-state index contributed by atoms with van der Waals surface area (Å²) in [5.74, 6) is 0. The van der Waals surface area contributed by atoms with Gasteiger partial charge in [-0.15, -0.1) is 5.10 Å². The van der Waals surface area contributed by atoms with E-state index in [1.54, 1.807) is 0 Å². The second-order valence-electron chi connectivity index (χ2n) is 3.76. The largest absolute Gasteiger partial charge is 0.325 e. The van der Waals surface area contributed by atoms with Crippen molar-refractivity contribution < 1.29 is 0 Å². The van der Waals surface area contributed by atoms with Crippen LogP contribution in [0, 0.1) is 0 Å². The van der Waals surface area contributed by atoms with Crippen molar-refractivity contribution in [3.05, 3.63) is 11.9 Å². The predicted octanol–water partition coefficient (Wildman–Crippen LogP) is -0.121. The Bertz CT molecular complexity index is 278. The predicted molar refractivity (Wildman–Crippen MR) is 53.6 cm³/mol. The second kappa shape index (κ2) is 4.52. The molecule has 1 aromatic heterocycles. The van der Waals surface area contributed by atoms with Gasteiger partial charge in [-0.2, -0.15) is 0 Å². The number of rotatable bonds is 5. The van der Waals surface area contributed by atoms with Crippen molar-refractivity contribution >= 4 is 0 Å². The van der Waals surface area contributed by atoms with Crippen LogP contribution in [0.4, 0.5) is 0 Å². The molecule has 0 aromatic carbocycles. The minimum atomic E-state index is 0.468. The van der Waals surface area contributed by atoms with Crippen LogP contribution in [0.15, 0.2) is 6.20 Å². The van der Waals surface area contributed by atoms with E-state index in [-0.39, 0.29) is 0 Å². The molecule has 0 radical (unpaired) electrons. The maximum Gasteiger partial charge on any atom is 0.0962 e. The molecular formula is C9H17N5. The molecule has 5 nitrogen and oxygen atoms in total. The first-order valence-corrected chi connectivity index (χ1v) is 5.21. The van der Waals surface area contributed by atoms with Crippen LogP contribution in [0.3, 0.4) is 0 Å². The molecule has 1 aliphatic rings. The molecule has 78 valence electrons. The fraction of sp³-hybridized carbons (Fsp3) is 0.778. The summed E-state index contributed by atoms with van der Waals surface area (Å²) in [6.07, 6.45) is 5.93. The Kier molecular flexibility index (Phi) is 3.10. The molecule has 1 fully saturated rings. The molecule has 14 heavy (non-hydrogen) atoms. The van der Waals surface area contributed by atoms with E-state index in [4.69, 9.17) is 5.73 Å². The number of hydrogen-bond acceptors (Lipinski definition) is 4. The van der Waals surface area contributed by atoms with Crippen molar-refractivity contribution in [2.75, 3.05) is 6.54 Å². The zero-order chi connectivity index (χ0) is 9.80. The molecule has 2 rings (SSSR count). The average molecular weight is 195 g/mol. The van der Waals surface area contributed by atoms with Gasteiger partial charge in [-0.3, -0.25) is 4.68 Å². The Labute approximate surface area is 83.7 Å². The van der Waals surface area contributed by atoms with Crippen LogP contribution in [0.25, 0.3) is 0 Å². The number of nitrogens with two attached hydrogens (primary N) is 1. The lowest BCUT2D eigenvalue weighted by Crippen LogP contribution is -2.37. The monoisotopic (exact) mass is 195 g/mol. The van der Waals surface area contributed by atoms with Crippen LogP contribution in [0.2, 0.25) is 0 Å². The fourth-order valence-electron chi connectivity index (χ4n) is 1.54. The van der Waals surface area contributed by atoms with Crippen LogP contribution in [-0.4, -0.2) is 27.6 Å². The van der Waals surface area contributed by atoms with Gasteiger partial charge >= 0.3 is 0 Å². The first-order chi connectivity index (χ1) is 6.88. The van der Waals surface area contributed by atoms with E-state index in [1.165, 1.54) is 19.3 Å². The molecule has 0 atom stereocenters. The molecular weight excluding hydrogens is 178 g/mol. The Morgan fingerprint density at radius 1 is 1.57 bits per heavy atom. The molecule has 0 unspecified atom stereocenters. The summed E-state index contributed by atoms with van der Waals surface area (Å²) in [5.41, 5.74) is 6.29. The van der Waals surface area contributed by atoms with Crippen LogP contribution in [0.5, 0.6) is 0 Å². The quantitative estimate of drug-likeness (QED) is 0.687. The normalized spacial score (nSPS) is 16.9.